The number of hydrogen-bond donors (Lipinski definition) is 0. The molecule has 24 rings (SSSR count). The first-order chi connectivity index (χ1) is 59.4. The van der Waals surface area contributed by atoms with Crippen LogP contribution in [0.25, 0.3) is 167 Å². The Labute approximate surface area is 695 Å². The average Bonchev–Trinajstić information content (AvgIpc) is 1.51. The molecule has 0 fully saturated rings. The highest BCUT2D eigenvalue weighted by molar-refractivity contribution is 6.09. The molecular weight excluding hydrogens is 1460 g/mol. The average molecular weight is 1530 g/mol. The van der Waals surface area contributed by atoms with Crippen LogP contribution in [0.15, 0.2) is 425 Å². The molecular formula is C114H70N4O2. The van der Waals surface area contributed by atoms with Gasteiger partial charge in [0.25, 0.3) is 0 Å². The molecule has 18 aromatic carbocycles. The number of rotatable bonds is 11. The molecule has 0 saturated heterocycles. The van der Waals surface area contributed by atoms with E-state index in [1.165, 1.54) is 55.1 Å². The smallest absolute Gasteiger partial charge is 0.160 e. The van der Waals surface area contributed by atoms with Gasteiger partial charge in [0, 0.05) is 66.8 Å². The lowest BCUT2D eigenvalue weighted by Crippen LogP contribution is -2.32. The summed E-state index contributed by atoms with van der Waals surface area (Å²) in [4.78, 5) is 21.9. The molecule has 0 N–H and O–H groups in total. The van der Waals surface area contributed by atoms with Crippen molar-refractivity contribution >= 4 is 21.5 Å². The highest BCUT2D eigenvalue weighted by Crippen LogP contribution is 2.66. The first kappa shape index (κ1) is 68.6. The summed E-state index contributed by atoms with van der Waals surface area (Å²) >= 11 is 0. The van der Waals surface area contributed by atoms with Gasteiger partial charge in [0.05, 0.1) is 33.6 Å². The third-order valence-electron chi connectivity index (χ3n) is 25.2. The predicted octanol–water partition coefficient (Wildman–Crippen LogP) is 28.8. The molecule has 6 nitrogen and oxygen atoms in total. The van der Waals surface area contributed by atoms with Crippen LogP contribution < -0.4 is 9.47 Å². The van der Waals surface area contributed by atoms with Crippen LogP contribution in [0.2, 0.25) is 0 Å². The van der Waals surface area contributed by atoms with E-state index in [0.29, 0.717) is 11.6 Å². The van der Waals surface area contributed by atoms with Gasteiger partial charge in [-0.25, -0.2) is 19.9 Å². The van der Waals surface area contributed by atoms with Crippen LogP contribution in [0, 0.1) is 0 Å². The van der Waals surface area contributed by atoms with Crippen LogP contribution in [0.5, 0.6) is 23.0 Å². The zero-order valence-electron chi connectivity index (χ0n) is 65.0. The molecule has 558 valence electrons. The Hall–Kier alpha value is -15.8. The van der Waals surface area contributed by atoms with Gasteiger partial charge in [0.1, 0.15) is 23.0 Å². The lowest BCUT2D eigenvalue weighted by molar-refractivity contribution is 0.438. The Morgan fingerprint density at radius 2 is 0.533 bits per heavy atom. The molecule has 4 heterocycles. The number of ether oxygens (including phenoxy) is 2. The van der Waals surface area contributed by atoms with E-state index in [-0.39, 0.29) is 0 Å². The molecule has 0 bridgehead atoms. The van der Waals surface area contributed by atoms with Crippen LogP contribution in [-0.4, -0.2) is 19.9 Å². The summed E-state index contributed by atoms with van der Waals surface area (Å²) in [7, 11) is 0. The fourth-order valence-corrected chi connectivity index (χ4v) is 19.9. The number of fused-ring (bicyclic) bond motifs is 21. The van der Waals surface area contributed by atoms with E-state index in [1.807, 2.05) is 6.07 Å². The Balaban J connectivity index is 0.636. The largest absolute Gasteiger partial charge is 0.456 e. The number of para-hydroxylation sites is 4. The molecule has 2 aliphatic heterocycles. The number of benzene rings is 18. The van der Waals surface area contributed by atoms with E-state index >= 15 is 0 Å². The van der Waals surface area contributed by atoms with Crippen molar-refractivity contribution in [3.8, 4) is 169 Å². The Morgan fingerprint density at radius 1 is 0.175 bits per heavy atom. The number of hydrogen-bond acceptors (Lipinski definition) is 6. The molecule has 0 radical (unpaired) electrons. The third-order valence-corrected chi connectivity index (χ3v) is 25.2. The summed E-state index contributed by atoms with van der Waals surface area (Å²) in [6.07, 6.45) is 0. The molecule has 2 aliphatic carbocycles. The molecule has 4 aliphatic rings. The van der Waals surface area contributed by atoms with Crippen molar-refractivity contribution in [2.45, 2.75) is 10.8 Å². The van der Waals surface area contributed by atoms with Crippen LogP contribution in [0.3, 0.4) is 0 Å². The lowest BCUT2D eigenvalue weighted by atomic mass is 9.65. The second-order valence-electron chi connectivity index (χ2n) is 31.7. The molecule has 2 aromatic heterocycles. The first-order valence-corrected chi connectivity index (χ1v) is 41.0. The van der Waals surface area contributed by atoms with Crippen LogP contribution >= 0.6 is 0 Å². The summed E-state index contributed by atoms with van der Waals surface area (Å²) in [6, 6.07) is 153. The summed E-state index contributed by atoms with van der Waals surface area (Å²) in [5.74, 6) is 4.57. The zero-order valence-corrected chi connectivity index (χ0v) is 65.0. The Kier molecular flexibility index (Phi) is 15.7. The van der Waals surface area contributed by atoms with Crippen LogP contribution in [-0.2, 0) is 10.8 Å². The SMILES string of the molecule is c1ccc(-c2cccc(-c3cc(-c4cc(-c5ccccc5)cc(-c5cccc6c5-c5ccccc5C65c6ccccc6Oc6c(-c7ccc(-c8nc(-c9ccccc9)cc(-c9ccc%10c(ccc%11ccccc%11%10)c9)n8)cc7)cccc65)c4)nc(-c4ccc(-c5cccc6c5Oc5ccccc5C65c6ccccc6-c6ccccc65)cc4)n3)c2)cc1. The fourth-order valence-electron chi connectivity index (χ4n) is 19.9. The second-order valence-corrected chi connectivity index (χ2v) is 31.7. The summed E-state index contributed by atoms with van der Waals surface area (Å²) < 4.78 is 14.6. The maximum atomic E-state index is 7.39. The van der Waals surface area contributed by atoms with E-state index in [0.717, 1.165) is 168 Å². The van der Waals surface area contributed by atoms with Gasteiger partial charge in [-0.3, -0.25) is 0 Å². The van der Waals surface area contributed by atoms with Gasteiger partial charge >= 0.3 is 0 Å². The van der Waals surface area contributed by atoms with E-state index in [2.05, 4.69) is 419 Å². The van der Waals surface area contributed by atoms with Crippen molar-refractivity contribution in [3.63, 3.8) is 0 Å². The molecule has 20 aromatic rings. The number of nitrogens with zero attached hydrogens (tertiary/aromatic N) is 4. The first-order valence-electron chi connectivity index (χ1n) is 41.0. The molecule has 0 amide bonds. The minimum absolute atomic E-state index is 0.592. The Morgan fingerprint density at radius 3 is 1.12 bits per heavy atom. The maximum absolute atomic E-state index is 7.39. The topological polar surface area (TPSA) is 70.0 Å². The van der Waals surface area contributed by atoms with Gasteiger partial charge in [-0.15, -0.1) is 0 Å². The van der Waals surface area contributed by atoms with Crippen molar-refractivity contribution in [2.75, 3.05) is 0 Å². The van der Waals surface area contributed by atoms with Gasteiger partial charge in [-0.1, -0.05) is 370 Å². The summed E-state index contributed by atoms with van der Waals surface area (Å²) in [6.45, 7) is 0. The lowest BCUT2D eigenvalue weighted by Gasteiger charge is -2.40. The van der Waals surface area contributed by atoms with Crippen molar-refractivity contribution in [2.24, 2.45) is 0 Å². The van der Waals surface area contributed by atoms with E-state index in [1.54, 1.807) is 0 Å². The minimum Gasteiger partial charge on any atom is -0.456 e. The van der Waals surface area contributed by atoms with Gasteiger partial charge in [-0.05, 0) is 165 Å². The van der Waals surface area contributed by atoms with Gasteiger partial charge in [-0.2, -0.15) is 0 Å². The molecule has 2 spiro atoms. The van der Waals surface area contributed by atoms with Crippen molar-refractivity contribution in [1.82, 2.24) is 19.9 Å². The van der Waals surface area contributed by atoms with Gasteiger partial charge in [0.15, 0.2) is 11.6 Å². The van der Waals surface area contributed by atoms with E-state index < -0.39 is 10.8 Å². The quantitative estimate of drug-likeness (QED) is 0.120. The zero-order chi connectivity index (χ0) is 79.0. The fraction of sp³-hybridized carbons (Fsp3) is 0.0175. The number of aromatic nitrogens is 4. The van der Waals surface area contributed by atoms with Crippen LogP contribution in [0.1, 0.15) is 44.5 Å². The summed E-state index contributed by atoms with van der Waals surface area (Å²) in [5.41, 5.74) is 32.4. The van der Waals surface area contributed by atoms with E-state index in [9.17, 15) is 0 Å². The second kappa shape index (κ2) is 27.5. The highest BCUT2D eigenvalue weighted by Gasteiger charge is 2.54. The highest BCUT2D eigenvalue weighted by atomic mass is 16.5. The predicted molar refractivity (Wildman–Crippen MR) is 487 cm³/mol. The monoisotopic (exact) mass is 1530 g/mol. The Bertz CT molecular complexity index is 7540. The van der Waals surface area contributed by atoms with Crippen molar-refractivity contribution in [3.05, 3.63) is 469 Å². The van der Waals surface area contributed by atoms with Crippen LogP contribution in [0.4, 0.5) is 0 Å². The molecule has 0 saturated carbocycles. The molecule has 1 unspecified atom stereocenters. The third kappa shape index (κ3) is 10.7. The molecule has 6 heteroatoms. The van der Waals surface area contributed by atoms with Gasteiger partial charge < -0.3 is 9.47 Å². The summed E-state index contributed by atoms with van der Waals surface area (Å²) in [5, 5.41) is 4.83. The normalized spacial score (nSPS) is 13.9. The molecule has 120 heavy (non-hydrogen) atoms. The van der Waals surface area contributed by atoms with Crippen molar-refractivity contribution in [1.29, 1.82) is 0 Å². The maximum Gasteiger partial charge on any atom is 0.160 e. The minimum atomic E-state index is -0.797. The standard InChI is InChI=1S/C114H70N4O2/c1-4-26-71(27-5-1)79-33-22-34-81(64-79)103-70-105(118-112(116-103)78-59-54-74(55-60-78)89-40-24-48-100-109(89)119-106-50-20-18-45-97(106)113(100)94-42-15-12-36-91(94)92-37-13-16-43-95(92)113)85-67-83(72-28-6-2-7-29-72)66-84(68-85)88-39-23-47-99-108(88)93-38-14-17-44-96(93)114(99)98-46-19-21-51-107(98)120-110-90(41-25-49-101(110)114)75-52-57-77(58-53-75)111-115-102(76-31-8-3-9-32-76)69-104(117-111)82-62-63-87-80(65-82)61-56-73-30-10-11-35-86(73)87/h1-70H. The van der Waals surface area contributed by atoms with Crippen molar-refractivity contribution < 1.29 is 9.47 Å². The van der Waals surface area contributed by atoms with Gasteiger partial charge in [0.2, 0.25) is 0 Å². The molecule has 1 atom stereocenters. The van der Waals surface area contributed by atoms with E-state index in [4.69, 9.17) is 29.4 Å².